The summed E-state index contributed by atoms with van der Waals surface area (Å²) in [5.74, 6) is -1.31. The van der Waals surface area contributed by atoms with E-state index in [1.165, 1.54) is 122 Å². The number of aliphatic carboxylic acids is 1. The molecule has 0 saturated carbocycles. The molecule has 0 saturated heterocycles. The molecule has 0 fully saturated rings. The van der Waals surface area contributed by atoms with E-state index in [0.717, 1.165) is 12.8 Å². The van der Waals surface area contributed by atoms with Crippen LogP contribution < -0.4 is 0 Å². The molecule has 2 nitrogen and oxygen atoms in total. The van der Waals surface area contributed by atoms with E-state index in [0.29, 0.717) is 6.42 Å². The number of halogens is 1. The van der Waals surface area contributed by atoms with Crippen LogP contribution in [0.3, 0.4) is 0 Å². The average molecular weight is 415 g/mol. The number of carboxylic acid groups (broad SMARTS) is 1. The standard InChI is InChI=1S/C26H51FO2/c1-2-3-4-5-6-7-8-9-10-11-12-13-14-15-16-17-18-19-20-21-22-23-24-25(27)26(28)29/h25H,2-24H2,1H3,(H,28,29). The van der Waals surface area contributed by atoms with Crippen LogP contribution in [0.2, 0.25) is 0 Å². The quantitative estimate of drug-likeness (QED) is 0.160. The van der Waals surface area contributed by atoms with Crippen LogP contribution in [0.5, 0.6) is 0 Å². The maximum absolute atomic E-state index is 12.9. The number of carboxylic acids is 1. The topological polar surface area (TPSA) is 37.3 Å². The predicted octanol–water partition coefficient (Wildman–Crippen LogP) is 9.40. The molecule has 1 atom stereocenters. The fourth-order valence-electron chi connectivity index (χ4n) is 4.06. The monoisotopic (exact) mass is 414 g/mol. The molecular formula is C26H51FO2. The van der Waals surface area contributed by atoms with E-state index < -0.39 is 12.1 Å². The maximum Gasteiger partial charge on any atom is 0.338 e. The minimum atomic E-state index is -1.67. The number of alkyl halides is 1. The Hall–Kier alpha value is -0.600. The first-order valence-electron chi connectivity index (χ1n) is 13.0. The lowest BCUT2D eigenvalue weighted by atomic mass is 10.0. The van der Waals surface area contributed by atoms with Crippen LogP contribution in [0.1, 0.15) is 155 Å². The summed E-state index contributed by atoms with van der Waals surface area (Å²) in [5.41, 5.74) is 0. The van der Waals surface area contributed by atoms with Crippen LogP contribution in [0.4, 0.5) is 4.39 Å². The van der Waals surface area contributed by atoms with E-state index in [4.69, 9.17) is 5.11 Å². The first kappa shape index (κ1) is 28.4. The minimum Gasteiger partial charge on any atom is -0.479 e. The SMILES string of the molecule is CCCCCCCCCCCCCCCCCCCCCCCCC(F)C(=O)O. The van der Waals surface area contributed by atoms with Gasteiger partial charge in [-0.25, -0.2) is 9.18 Å². The molecule has 0 amide bonds. The molecule has 1 unspecified atom stereocenters. The van der Waals surface area contributed by atoms with E-state index in [1.54, 1.807) is 0 Å². The fourth-order valence-corrected chi connectivity index (χ4v) is 4.06. The van der Waals surface area contributed by atoms with Crippen molar-refractivity contribution >= 4 is 5.97 Å². The number of rotatable bonds is 24. The zero-order valence-electron chi connectivity index (χ0n) is 19.6. The molecule has 0 rings (SSSR count). The Labute approximate surface area is 181 Å². The van der Waals surface area contributed by atoms with Gasteiger partial charge in [-0.15, -0.1) is 0 Å². The van der Waals surface area contributed by atoms with Crippen molar-refractivity contribution in [2.75, 3.05) is 0 Å². The Bertz CT molecular complexity index is 333. The Morgan fingerprint density at radius 3 is 1.03 bits per heavy atom. The molecule has 1 N–H and O–H groups in total. The lowest BCUT2D eigenvalue weighted by Crippen LogP contribution is -2.13. The summed E-state index contributed by atoms with van der Waals surface area (Å²) in [5, 5.41) is 8.48. The molecule has 0 heterocycles. The third-order valence-electron chi connectivity index (χ3n) is 6.08. The zero-order chi connectivity index (χ0) is 21.4. The van der Waals surface area contributed by atoms with Crippen LogP contribution in [-0.2, 0) is 4.79 Å². The van der Waals surface area contributed by atoms with Crippen LogP contribution in [0.15, 0.2) is 0 Å². The molecule has 0 aliphatic rings. The number of unbranched alkanes of at least 4 members (excludes halogenated alkanes) is 21. The van der Waals surface area contributed by atoms with Gasteiger partial charge in [-0.05, 0) is 12.8 Å². The van der Waals surface area contributed by atoms with Crippen LogP contribution >= 0.6 is 0 Å². The molecule has 0 aromatic rings. The van der Waals surface area contributed by atoms with Crippen molar-refractivity contribution < 1.29 is 14.3 Å². The highest BCUT2D eigenvalue weighted by Crippen LogP contribution is 2.15. The Morgan fingerprint density at radius 2 is 0.793 bits per heavy atom. The van der Waals surface area contributed by atoms with E-state index in [9.17, 15) is 9.18 Å². The van der Waals surface area contributed by atoms with Gasteiger partial charge in [0.1, 0.15) is 0 Å². The van der Waals surface area contributed by atoms with Crippen LogP contribution in [0.25, 0.3) is 0 Å². The summed E-state index contributed by atoms with van der Waals surface area (Å²) < 4.78 is 12.9. The molecule has 3 heteroatoms. The van der Waals surface area contributed by atoms with Crippen LogP contribution in [-0.4, -0.2) is 17.2 Å². The summed E-state index contributed by atoms with van der Waals surface area (Å²) >= 11 is 0. The largest absolute Gasteiger partial charge is 0.479 e. The molecule has 174 valence electrons. The second-order valence-electron chi connectivity index (χ2n) is 9.02. The Morgan fingerprint density at radius 1 is 0.552 bits per heavy atom. The summed E-state index contributed by atoms with van der Waals surface area (Å²) in [6.07, 6.45) is 27.8. The van der Waals surface area contributed by atoms with Crippen molar-refractivity contribution in [1.82, 2.24) is 0 Å². The van der Waals surface area contributed by atoms with E-state index in [1.807, 2.05) is 0 Å². The van der Waals surface area contributed by atoms with Crippen molar-refractivity contribution in [2.45, 2.75) is 161 Å². The molecule has 0 aliphatic carbocycles. The van der Waals surface area contributed by atoms with E-state index >= 15 is 0 Å². The lowest BCUT2D eigenvalue weighted by Gasteiger charge is -2.04. The highest BCUT2D eigenvalue weighted by Gasteiger charge is 2.13. The second-order valence-corrected chi connectivity index (χ2v) is 9.02. The molecule has 0 bridgehead atoms. The summed E-state index contributed by atoms with van der Waals surface area (Å²) in [6.45, 7) is 2.28. The summed E-state index contributed by atoms with van der Waals surface area (Å²) in [7, 11) is 0. The van der Waals surface area contributed by atoms with Gasteiger partial charge in [0, 0.05) is 0 Å². The molecule has 0 radical (unpaired) electrons. The first-order valence-corrected chi connectivity index (χ1v) is 13.0. The van der Waals surface area contributed by atoms with Gasteiger partial charge in [0.05, 0.1) is 0 Å². The van der Waals surface area contributed by atoms with Crippen molar-refractivity contribution in [3.05, 3.63) is 0 Å². The second kappa shape index (κ2) is 23.7. The average Bonchev–Trinajstić information content (AvgIpc) is 2.71. The third kappa shape index (κ3) is 23.5. The van der Waals surface area contributed by atoms with Crippen molar-refractivity contribution in [2.24, 2.45) is 0 Å². The van der Waals surface area contributed by atoms with Crippen molar-refractivity contribution in [3.8, 4) is 0 Å². The predicted molar refractivity (Wildman–Crippen MR) is 124 cm³/mol. The highest BCUT2D eigenvalue weighted by atomic mass is 19.1. The summed E-state index contributed by atoms with van der Waals surface area (Å²) in [6, 6.07) is 0. The molecule has 0 aromatic heterocycles. The number of hydrogen-bond acceptors (Lipinski definition) is 1. The molecular weight excluding hydrogens is 363 g/mol. The van der Waals surface area contributed by atoms with E-state index in [2.05, 4.69) is 6.92 Å². The Balaban J connectivity index is 3.04. The molecule has 29 heavy (non-hydrogen) atoms. The molecule has 0 aromatic carbocycles. The van der Waals surface area contributed by atoms with Crippen LogP contribution in [0, 0.1) is 0 Å². The van der Waals surface area contributed by atoms with Gasteiger partial charge in [-0.2, -0.15) is 0 Å². The maximum atomic E-state index is 12.9. The zero-order valence-corrected chi connectivity index (χ0v) is 19.6. The van der Waals surface area contributed by atoms with Crippen molar-refractivity contribution in [3.63, 3.8) is 0 Å². The number of carbonyl (C=O) groups is 1. The van der Waals surface area contributed by atoms with Gasteiger partial charge in [0.15, 0.2) is 6.17 Å². The van der Waals surface area contributed by atoms with Gasteiger partial charge in [-0.1, -0.05) is 142 Å². The Kier molecular flexibility index (Phi) is 23.2. The smallest absolute Gasteiger partial charge is 0.338 e. The van der Waals surface area contributed by atoms with Gasteiger partial charge < -0.3 is 5.11 Å². The number of hydrogen-bond donors (Lipinski definition) is 1. The van der Waals surface area contributed by atoms with Crippen molar-refractivity contribution in [1.29, 1.82) is 0 Å². The lowest BCUT2D eigenvalue weighted by molar-refractivity contribution is -0.143. The third-order valence-corrected chi connectivity index (χ3v) is 6.08. The highest BCUT2D eigenvalue weighted by molar-refractivity contribution is 5.71. The van der Waals surface area contributed by atoms with Gasteiger partial charge >= 0.3 is 5.97 Å². The van der Waals surface area contributed by atoms with Gasteiger partial charge in [0.2, 0.25) is 0 Å². The normalized spacial score (nSPS) is 12.3. The van der Waals surface area contributed by atoms with Gasteiger partial charge in [0.25, 0.3) is 0 Å². The minimum absolute atomic E-state index is 0.175. The van der Waals surface area contributed by atoms with E-state index in [-0.39, 0.29) is 6.42 Å². The molecule has 0 spiro atoms. The first-order chi connectivity index (χ1) is 14.2. The van der Waals surface area contributed by atoms with Gasteiger partial charge in [-0.3, -0.25) is 0 Å². The summed E-state index contributed by atoms with van der Waals surface area (Å²) in [4.78, 5) is 10.4. The molecule has 0 aliphatic heterocycles. The fraction of sp³-hybridized carbons (Fsp3) is 0.962.